The molecule has 20 heavy (non-hydrogen) atoms. The fraction of sp³-hybridized carbons (Fsp3) is 0.333. The van der Waals surface area contributed by atoms with Gasteiger partial charge < -0.3 is 4.74 Å². The van der Waals surface area contributed by atoms with Crippen molar-refractivity contribution in [3.63, 3.8) is 0 Å². The molecule has 0 aliphatic heterocycles. The summed E-state index contributed by atoms with van der Waals surface area (Å²) in [6.07, 6.45) is 0.900. The minimum absolute atomic E-state index is 0.313. The SMILES string of the molecule is COc1ccc(C)cc1CC(CCl)c1ccc(C)cc1. The molecule has 0 amide bonds. The predicted octanol–water partition coefficient (Wildman–Crippen LogP) is 4.88. The van der Waals surface area contributed by atoms with Crippen molar-refractivity contribution < 1.29 is 4.74 Å². The summed E-state index contributed by atoms with van der Waals surface area (Å²) in [5.41, 5.74) is 5.03. The second kappa shape index (κ2) is 6.81. The number of alkyl halides is 1. The van der Waals surface area contributed by atoms with E-state index in [0.717, 1.165) is 12.2 Å². The maximum absolute atomic E-state index is 6.19. The zero-order valence-electron chi connectivity index (χ0n) is 12.3. The minimum Gasteiger partial charge on any atom is -0.496 e. The van der Waals surface area contributed by atoms with E-state index in [1.165, 1.54) is 22.3 Å². The van der Waals surface area contributed by atoms with Crippen LogP contribution in [0.1, 0.15) is 28.2 Å². The van der Waals surface area contributed by atoms with Crippen LogP contribution in [0.25, 0.3) is 0 Å². The van der Waals surface area contributed by atoms with Crippen molar-refractivity contribution in [3.05, 3.63) is 64.7 Å². The summed E-state index contributed by atoms with van der Waals surface area (Å²) in [6, 6.07) is 14.9. The number of methoxy groups -OCH3 is 1. The molecule has 0 spiro atoms. The lowest BCUT2D eigenvalue weighted by Gasteiger charge is -2.17. The molecule has 1 atom stereocenters. The van der Waals surface area contributed by atoms with Crippen molar-refractivity contribution in [3.8, 4) is 5.75 Å². The van der Waals surface area contributed by atoms with Gasteiger partial charge in [-0.25, -0.2) is 0 Å². The highest BCUT2D eigenvalue weighted by Gasteiger charge is 2.14. The van der Waals surface area contributed by atoms with E-state index in [4.69, 9.17) is 16.3 Å². The maximum atomic E-state index is 6.19. The molecule has 0 saturated heterocycles. The van der Waals surface area contributed by atoms with Crippen LogP contribution in [0.4, 0.5) is 0 Å². The minimum atomic E-state index is 0.313. The summed E-state index contributed by atoms with van der Waals surface area (Å²) in [6.45, 7) is 4.20. The first-order chi connectivity index (χ1) is 9.63. The van der Waals surface area contributed by atoms with Gasteiger partial charge in [0.25, 0.3) is 0 Å². The fourth-order valence-corrected chi connectivity index (χ4v) is 2.72. The predicted molar refractivity (Wildman–Crippen MR) is 86.1 cm³/mol. The molecule has 2 aromatic carbocycles. The second-order valence-corrected chi connectivity index (χ2v) is 5.59. The standard InChI is InChI=1S/C18H21ClO/c1-13-4-7-15(8-5-13)17(12-19)11-16-10-14(2)6-9-18(16)20-3/h4-10,17H,11-12H2,1-3H3. The molecule has 1 unspecified atom stereocenters. The van der Waals surface area contributed by atoms with Gasteiger partial charge in [-0.05, 0) is 37.5 Å². The highest BCUT2D eigenvalue weighted by Crippen LogP contribution is 2.28. The van der Waals surface area contributed by atoms with Gasteiger partial charge in [0.2, 0.25) is 0 Å². The lowest BCUT2D eigenvalue weighted by molar-refractivity contribution is 0.408. The molecule has 0 aliphatic rings. The molecular formula is C18H21ClO. The Morgan fingerprint density at radius 2 is 1.65 bits per heavy atom. The lowest BCUT2D eigenvalue weighted by Crippen LogP contribution is -2.06. The summed E-state index contributed by atoms with van der Waals surface area (Å²) >= 11 is 6.19. The molecule has 2 aromatic rings. The van der Waals surface area contributed by atoms with E-state index in [9.17, 15) is 0 Å². The Bertz CT molecular complexity index is 560. The van der Waals surface area contributed by atoms with Crippen molar-refractivity contribution in [1.82, 2.24) is 0 Å². The average Bonchev–Trinajstić information content (AvgIpc) is 2.46. The van der Waals surface area contributed by atoms with E-state index >= 15 is 0 Å². The quantitative estimate of drug-likeness (QED) is 0.713. The van der Waals surface area contributed by atoms with Crippen molar-refractivity contribution in [1.29, 1.82) is 0 Å². The Labute approximate surface area is 126 Å². The molecule has 106 valence electrons. The molecule has 0 aromatic heterocycles. The zero-order valence-corrected chi connectivity index (χ0v) is 13.1. The monoisotopic (exact) mass is 288 g/mol. The van der Waals surface area contributed by atoms with E-state index in [0.29, 0.717) is 11.8 Å². The van der Waals surface area contributed by atoms with Gasteiger partial charge in [-0.1, -0.05) is 47.5 Å². The van der Waals surface area contributed by atoms with Crippen LogP contribution in [0.2, 0.25) is 0 Å². The Hall–Kier alpha value is -1.47. The molecular weight excluding hydrogens is 268 g/mol. The highest BCUT2D eigenvalue weighted by molar-refractivity contribution is 6.18. The van der Waals surface area contributed by atoms with Crippen molar-refractivity contribution in [2.24, 2.45) is 0 Å². The maximum Gasteiger partial charge on any atom is 0.122 e. The van der Waals surface area contributed by atoms with Gasteiger partial charge in [0.15, 0.2) is 0 Å². The first kappa shape index (κ1) is 14.9. The van der Waals surface area contributed by atoms with Gasteiger partial charge in [0, 0.05) is 11.8 Å². The van der Waals surface area contributed by atoms with Crippen molar-refractivity contribution >= 4 is 11.6 Å². The number of hydrogen-bond acceptors (Lipinski definition) is 1. The molecule has 0 N–H and O–H groups in total. The van der Waals surface area contributed by atoms with Crippen LogP contribution in [-0.2, 0) is 6.42 Å². The van der Waals surface area contributed by atoms with Gasteiger partial charge in [-0.3, -0.25) is 0 Å². The van der Waals surface area contributed by atoms with Gasteiger partial charge in [-0.15, -0.1) is 11.6 Å². The number of rotatable bonds is 5. The number of halogens is 1. The highest BCUT2D eigenvalue weighted by atomic mass is 35.5. The topological polar surface area (TPSA) is 9.23 Å². The van der Waals surface area contributed by atoms with Crippen LogP contribution in [0, 0.1) is 13.8 Å². The second-order valence-electron chi connectivity index (χ2n) is 5.28. The molecule has 0 heterocycles. The first-order valence-electron chi connectivity index (χ1n) is 6.90. The van der Waals surface area contributed by atoms with Crippen LogP contribution >= 0.6 is 11.6 Å². The Kier molecular flexibility index (Phi) is 5.08. The van der Waals surface area contributed by atoms with Crippen molar-refractivity contribution in [2.45, 2.75) is 26.2 Å². The van der Waals surface area contributed by atoms with E-state index < -0.39 is 0 Å². The van der Waals surface area contributed by atoms with E-state index in [-0.39, 0.29) is 0 Å². The number of aryl methyl sites for hydroxylation is 2. The van der Waals surface area contributed by atoms with Crippen LogP contribution in [0.5, 0.6) is 5.75 Å². The fourth-order valence-electron chi connectivity index (χ4n) is 2.43. The number of hydrogen-bond donors (Lipinski definition) is 0. The molecule has 0 radical (unpaired) electrons. The van der Waals surface area contributed by atoms with Crippen LogP contribution in [0.3, 0.4) is 0 Å². The molecule has 1 nitrogen and oxygen atoms in total. The smallest absolute Gasteiger partial charge is 0.122 e. The summed E-state index contributed by atoms with van der Waals surface area (Å²) < 4.78 is 5.46. The average molecular weight is 289 g/mol. The Morgan fingerprint density at radius 1 is 1.00 bits per heavy atom. The number of benzene rings is 2. The third kappa shape index (κ3) is 3.55. The Morgan fingerprint density at radius 3 is 2.25 bits per heavy atom. The van der Waals surface area contributed by atoms with Gasteiger partial charge in [0.05, 0.1) is 7.11 Å². The Balaban J connectivity index is 2.26. The van der Waals surface area contributed by atoms with Crippen LogP contribution < -0.4 is 4.74 Å². The molecule has 2 rings (SSSR count). The van der Waals surface area contributed by atoms with Gasteiger partial charge in [-0.2, -0.15) is 0 Å². The molecule has 0 saturated carbocycles. The summed E-state index contributed by atoms with van der Waals surface area (Å²) in [4.78, 5) is 0. The van der Waals surface area contributed by atoms with E-state index in [1.54, 1.807) is 7.11 Å². The van der Waals surface area contributed by atoms with E-state index in [2.05, 4.69) is 50.2 Å². The number of ether oxygens (including phenoxy) is 1. The summed E-state index contributed by atoms with van der Waals surface area (Å²) in [5, 5.41) is 0. The van der Waals surface area contributed by atoms with Gasteiger partial charge in [0.1, 0.15) is 5.75 Å². The lowest BCUT2D eigenvalue weighted by atomic mass is 9.92. The molecule has 0 fully saturated rings. The van der Waals surface area contributed by atoms with Crippen LogP contribution in [-0.4, -0.2) is 13.0 Å². The third-order valence-corrected chi connectivity index (χ3v) is 4.01. The summed E-state index contributed by atoms with van der Waals surface area (Å²) in [7, 11) is 1.72. The summed E-state index contributed by atoms with van der Waals surface area (Å²) in [5.74, 6) is 1.87. The van der Waals surface area contributed by atoms with Crippen LogP contribution in [0.15, 0.2) is 42.5 Å². The third-order valence-electron chi connectivity index (χ3n) is 3.64. The van der Waals surface area contributed by atoms with Gasteiger partial charge >= 0.3 is 0 Å². The molecule has 0 aliphatic carbocycles. The largest absolute Gasteiger partial charge is 0.496 e. The zero-order chi connectivity index (χ0) is 14.5. The first-order valence-corrected chi connectivity index (χ1v) is 7.43. The van der Waals surface area contributed by atoms with E-state index in [1.807, 2.05) is 6.07 Å². The molecule has 2 heteroatoms. The molecule has 0 bridgehead atoms. The van der Waals surface area contributed by atoms with Crippen molar-refractivity contribution in [2.75, 3.05) is 13.0 Å². The normalized spacial score (nSPS) is 12.2.